The van der Waals surface area contributed by atoms with E-state index in [4.69, 9.17) is 5.11 Å². The maximum atomic E-state index is 11.7. The number of aliphatic hydroxyl groups excluding tert-OH is 1. The van der Waals surface area contributed by atoms with Gasteiger partial charge >= 0.3 is 5.97 Å². The predicted molar refractivity (Wildman–Crippen MR) is 60.6 cm³/mol. The zero-order chi connectivity index (χ0) is 13.2. The number of hydrogen-bond donors (Lipinski definition) is 5. The van der Waals surface area contributed by atoms with Gasteiger partial charge < -0.3 is 20.8 Å². The van der Waals surface area contributed by atoms with Crippen molar-refractivity contribution in [2.45, 2.75) is 31.0 Å². The lowest BCUT2D eigenvalue weighted by Crippen LogP contribution is -2.54. The van der Waals surface area contributed by atoms with Crippen LogP contribution in [0.4, 0.5) is 0 Å². The topological polar surface area (TPSA) is 116 Å². The lowest BCUT2D eigenvalue weighted by atomic mass is 10.2. The first-order chi connectivity index (χ1) is 7.83. The molecule has 1 saturated carbocycles. The van der Waals surface area contributed by atoms with E-state index in [1.54, 1.807) is 0 Å². The summed E-state index contributed by atoms with van der Waals surface area (Å²) in [7, 11) is 0. The van der Waals surface area contributed by atoms with Crippen LogP contribution in [0.2, 0.25) is 0 Å². The Labute approximate surface area is 103 Å². The molecule has 1 aliphatic rings. The molecule has 0 heterocycles. The van der Waals surface area contributed by atoms with Crippen LogP contribution < -0.4 is 10.6 Å². The summed E-state index contributed by atoms with van der Waals surface area (Å²) in [6.45, 7) is 1.24. The third-order valence-electron chi connectivity index (χ3n) is 2.53. The molecule has 0 aromatic rings. The minimum absolute atomic E-state index is 0.0343. The monoisotopic (exact) mass is 262 g/mol. The van der Waals surface area contributed by atoms with Crippen LogP contribution in [-0.2, 0) is 14.4 Å². The highest BCUT2D eigenvalue weighted by molar-refractivity contribution is 7.80. The number of carboxylic acid groups (broad SMARTS) is 1. The van der Waals surface area contributed by atoms with E-state index in [1.807, 2.05) is 0 Å². The summed E-state index contributed by atoms with van der Waals surface area (Å²) in [6, 6.07) is -0.917. The van der Waals surface area contributed by atoms with Crippen LogP contribution in [0.5, 0.6) is 0 Å². The molecule has 96 valence electrons. The second kappa shape index (κ2) is 4.92. The van der Waals surface area contributed by atoms with Gasteiger partial charge in [-0.2, -0.15) is 12.6 Å². The quantitative estimate of drug-likeness (QED) is 0.372. The molecule has 1 rings (SSSR count). The lowest BCUT2D eigenvalue weighted by molar-refractivity contribution is -0.144. The number of carbonyl (C=O) groups is 3. The van der Waals surface area contributed by atoms with Crippen molar-refractivity contribution in [2.75, 3.05) is 5.75 Å². The van der Waals surface area contributed by atoms with Crippen molar-refractivity contribution in [1.29, 1.82) is 0 Å². The first-order valence-electron chi connectivity index (χ1n) is 4.95. The highest BCUT2D eigenvalue weighted by Gasteiger charge is 2.61. The molecule has 2 amide bonds. The summed E-state index contributed by atoms with van der Waals surface area (Å²) in [4.78, 5) is 33.4. The molecule has 0 saturated heterocycles. The van der Waals surface area contributed by atoms with Gasteiger partial charge in [-0.1, -0.05) is 0 Å². The van der Waals surface area contributed by atoms with Crippen LogP contribution in [0, 0.1) is 0 Å². The lowest BCUT2D eigenvalue weighted by Gasteiger charge is -2.19. The van der Waals surface area contributed by atoms with Gasteiger partial charge in [0.2, 0.25) is 11.8 Å². The molecule has 1 aliphatic carbocycles. The molecule has 0 aliphatic heterocycles. The summed E-state index contributed by atoms with van der Waals surface area (Å²) in [5, 5.41) is 22.7. The van der Waals surface area contributed by atoms with E-state index in [0.717, 1.165) is 0 Å². The summed E-state index contributed by atoms with van der Waals surface area (Å²) in [5.74, 6) is -2.34. The molecule has 4 N–H and O–H groups in total. The Bertz CT molecular complexity index is 361. The summed E-state index contributed by atoms with van der Waals surface area (Å²) < 4.78 is 0. The number of thiol groups is 1. The number of carbonyl (C=O) groups excluding carboxylic acids is 2. The van der Waals surface area contributed by atoms with Gasteiger partial charge in [0.25, 0.3) is 0 Å². The molecule has 0 radical (unpaired) electrons. The van der Waals surface area contributed by atoms with Gasteiger partial charge in [0.05, 0.1) is 6.10 Å². The molecule has 0 spiro atoms. The van der Waals surface area contributed by atoms with Crippen molar-refractivity contribution >= 4 is 30.4 Å². The highest BCUT2D eigenvalue weighted by atomic mass is 32.1. The Morgan fingerprint density at radius 3 is 2.35 bits per heavy atom. The number of hydrogen-bond acceptors (Lipinski definition) is 5. The predicted octanol–water partition coefficient (Wildman–Crippen LogP) is -1.87. The zero-order valence-corrected chi connectivity index (χ0v) is 10.0. The number of amides is 2. The molecule has 17 heavy (non-hydrogen) atoms. The van der Waals surface area contributed by atoms with E-state index in [-0.39, 0.29) is 12.2 Å². The van der Waals surface area contributed by atoms with E-state index in [0.29, 0.717) is 0 Å². The van der Waals surface area contributed by atoms with Crippen LogP contribution in [0.15, 0.2) is 0 Å². The largest absolute Gasteiger partial charge is 0.479 e. The molecule has 1 fully saturated rings. The average molecular weight is 262 g/mol. The molecule has 7 nitrogen and oxygen atoms in total. The number of aliphatic carboxylic acids is 1. The summed E-state index contributed by atoms with van der Waals surface area (Å²) >= 11 is 3.89. The van der Waals surface area contributed by atoms with Gasteiger partial charge in [-0.25, -0.2) is 4.79 Å². The Balaban J connectivity index is 2.65. The second-order valence-corrected chi connectivity index (χ2v) is 4.29. The fourth-order valence-electron chi connectivity index (χ4n) is 1.41. The fourth-order valence-corrected chi connectivity index (χ4v) is 1.67. The molecule has 0 bridgehead atoms. The van der Waals surface area contributed by atoms with E-state index >= 15 is 0 Å². The van der Waals surface area contributed by atoms with Gasteiger partial charge in [-0.15, -0.1) is 0 Å². The van der Waals surface area contributed by atoms with E-state index in [9.17, 15) is 19.5 Å². The van der Waals surface area contributed by atoms with Crippen LogP contribution >= 0.6 is 12.6 Å². The Morgan fingerprint density at radius 1 is 1.53 bits per heavy atom. The Morgan fingerprint density at radius 2 is 2.06 bits per heavy atom. The van der Waals surface area contributed by atoms with Gasteiger partial charge in [0, 0.05) is 19.1 Å². The molecule has 8 heteroatoms. The number of aliphatic hydroxyl groups is 1. The summed E-state index contributed by atoms with van der Waals surface area (Å²) in [5.41, 5.74) is -1.61. The minimum atomic E-state index is -1.61. The van der Waals surface area contributed by atoms with E-state index in [1.165, 1.54) is 6.92 Å². The highest BCUT2D eigenvalue weighted by Crippen LogP contribution is 2.36. The van der Waals surface area contributed by atoms with Crippen molar-refractivity contribution < 1.29 is 24.6 Å². The van der Waals surface area contributed by atoms with Crippen molar-refractivity contribution in [3.63, 3.8) is 0 Å². The van der Waals surface area contributed by atoms with Crippen LogP contribution in [0.3, 0.4) is 0 Å². The van der Waals surface area contributed by atoms with Crippen molar-refractivity contribution in [1.82, 2.24) is 10.6 Å². The van der Waals surface area contributed by atoms with E-state index < -0.39 is 35.5 Å². The maximum absolute atomic E-state index is 11.7. The zero-order valence-electron chi connectivity index (χ0n) is 9.14. The van der Waals surface area contributed by atoms with Gasteiger partial charge in [-0.3, -0.25) is 9.59 Å². The maximum Gasteiger partial charge on any atom is 0.332 e. The Hall–Kier alpha value is -1.28. The molecular formula is C9H14N2O5S. The fraction of sp³-hybridized carbons (Fsp3) is 0.667. The number of rotatable bonds is 5. The smallest absolute Gasteiger partial charge is 0.332 e. The van der Waals surface area contributed by atoms with Crippen LogP contribution in [0.1, 0.15) is 13.3 Å². The normalized spacial score (nSPS) is 28.1. The van der Waals surface area contributed by atoms with Gasteiger partial charge in [-0.05, 0) is 0 Å². The number of nitrogens with one attached hydrogen (secondary N) is 2. The first-order valence-corrected chi connectivity index (χ1v) is 5.58. The van der Waals surface area contributed by atoms with Crippen molar-refractivity contribution in [3.8, 4) is 0 Å². The van der Waals surface area contributed by atoms with Crippen LogP contribution in [0.25, 0.3) is 0 Å². The van der Waals surface area contributed by atoms with Crippen LogP contribution in [-0.4, -0.2) is 51.4 Å². The third-order valence-corrected chi connectivity index (χ3v) is 2.89. The second-order valence-electron chi connectivity index (χ2n) is 3.92. The van der Waals surface area contributed by atoms with Crippen molar-refractivity contribution in [2.24, 2.45) is 0 Å². The Kier molecular flexibility index (Phi) is 3.99. The molecule has 0 aromatic carbocycles. The van der Waals surface area contributed by atoms with E-state index in [2.05, 4.69) is 23.3 Å². The molecule has 3 atom stereocenters. The van der Waals surface area contributed by atoms with Gasteiger partial charge in [0.15, 0.2) is 5.54 Å². The first kappa shape index (κ1) is 13.8. The van der Waals surface area contributed by atoms with Crippen molar-refractivity contribution in [3.05, 3.63) is 0 Å². The average Bonchev–Trinajstić information content (AvgIpc) is 2.86. The van der Waals surface area contributed by atoms with Gasteiger partial charge in [0.1, 0.15) is 6.04 Å². The SMILES string of the molecule is CC(=O)N[C@@H](CS)C(=O)NC1(C(=O)O)C[C@H]1O. The summed E-state index contributed by atoms with van der Waals surface area (Å²) in [6.07, 6.45) is -1.13. The standard InChI is InChI=1S/C9H14N2O5S/c1-4(12)10-5(3-17)7(14)11-9(8(15)16)2-6(9)13/h5-6,13,17H,2-3H2,1H3,(H,10,12)(H,11,14)(H,15,16)/t5-,6+,9?/m0/s1. The minimum Gasteiger partial charge on any atom is -0.479 e. The molecular weight excluding hydrogens is 248 g/mol. The number of carboxylic acids is 1. The molecule has 1 unspecified atom stereocenters. The molecule has 0 aromatic heterocycles. The third kappa shape index (κ3) is 2.89.